The summed E-state index contributed by atoms with van der Waals surface area (Å²) in [7, 11) is 0. The fourth-order valence-electron chi connectivity index (χ4n) is 3.15. The second kappa shape index (κ2) is 5.87. The van der Waals surface area contributed by atoms with E-state index < -0.39 is 0 Å². The van der Waals surface area contributed by atoms with E-state index in [-0.39, 0.29) is 5.91 Å². The number of fused-ring (bicyclic) bond motifs is 3. The van der Waals surface area contributed by atoms with Crippen molar-refractivity contribution in [1.29, 1.82) is 0 Å². The molecule has 0 saturated carbocycles. The second-order valence-corrected chi connectivity index (χ2v) is 7.40. The molecule has 24 heavy (non-hydrogen) atoms. The van der Waals surface area contributed by atoms with E-state index in [9.17, 15) is 4.79 Å². The summed E-state index contributed by atoms with van der Waals surface area (Å²) in [5.74, 6) is 0.341. The van der Waals surface area contributed by atoms with E-state index in [1.165, 1.54) is 21.6 Å². The van der Waals surface area contributed by atoms with Crippen LogP contribution in [0.3, 0.4) is 0 Å². The SMILES string of the molecule is CC(C)c1cnc(NC(=O)c2cccc3c2Cc2ccccc2-3)s1. The Balaban J connectivity index is 1.64. The van der Waals surface area contributed by atoms with Gasteiger partial charge < -0.3 is 0 Å². The third-order valence-corrected chi connectivity index (χ3v) is 5.62. The number of amides is 1. The molecule has 3 aromatic rings. The molecule has 1 aliphatic rings. The van der Waals surface area contributed by atoms with Crippen LogP contribution in [0, 0.1) is 0 Å². The molecule has 4 heteroatoms. The molecule has 0 fully saturated rings. The lowest BCUT2D eigenvalue weighted by Crippen LogP contribution is -2.13. The van der Waals surface area contributed by atoms with Gasteiger partial charge in [0, 0.05) is 16.6 Å². The third-order valence-electron chi connectivity index (χ3n) is 4.41. The summed E-state index contributed by atoms with van der Waals surface area (Å²) in [6, 6.07) is 14.3. The van der Waals surface area contributed by atoms with Crippen molar-refractivity contribution < 1.29 is 4.79 Å². The quantitative estimate of drug-likeness (QED) is 0.567. The highest BCUT2D eigenvalue weighted by Crippen LogP contribution is 2.38. The van der Waals surface area contributed by atoms with Crippen LogP contribution in [-0.2, 0) is 6.42 Å². The van der Waals surface area contributed by atoms with Gasteiger partial charge in [0.15, 0.2) is 5.13 Å². The molecule has 120 valence electrons. The molecule has 1 aromatic heterocycles. The summed E-state index contributed by atoms with van der Waals surface area (Å²) in [5.41, 5.74) is 5.53. The first-order valence-corrected chi connectivity index (χ1v) is 8.92. The number of carbonyl (C=O) groups excluding carboxylic acids is 1. The number of anilines is 1. The number of benzene rings is 2. The first kappa shape index (κ1) is 15.1. The number of hydrogen-bond donors (Lipinski definition) is 1. The van der Waals surface area contributed by atoms with Crippen molar-refractivity contribution in [1.82, 2.24) is 4.98 Å². The molecule has 0 atom stereocenters. The zero-order valence-electron chi connectivity index (χ0n) is 13.7. The lowest BCUT2D eigenvalue weighted by atomic mass is 10.0. The summed E-state index contributed by atoms with van der Waals surface area (Å²) in [6.45, 7) is 4.25. The summed E-state index contributed by atoms with van der Waals surface area (Å²) in [6.07, 6.45) is 2.65. The van der Waals surface area contributed by atoms with Gasteiger partial charge in [0.2, 0.25) is 0 Å². The Morgan fingerprint density at radius 3 is 2.71 bits per heavy atom. The van der Waals surface area contributed by atoms with E-state index >= 15 is 0 Å². The molecule has 3 nitrogen and oxygen atoms in total. The smallest absolute Gasteiger partial charge is 0.257 e. The molecule has 0 bridgehead atoms. The fourth-order valence-corrected chi connectivity index (χ4v) is 3.96. The van der Waals surface area contributed by atoms with Crippen LogP contribution in [0.5, 0.6) is 0 Å². The maximum absolute atomic E-state index is 12.8. The maximum Gasteiger partial charge on any atom is 0.257 e. The van der Waals surface area contributed by atoms with Gasteiger partial charge in [-0.15, -0.1) is 11.3 Å². The Morgan fingerprint density at radius 2 is 1.92 bits per heavy atom. The first-order chi connectivity index (χ1) is 11.6. The Hall–Kier alpha value is -2.46. The van der Waals surface area contributed by atoms with Crippen LogP contribution in [0.25, 0.3) is 11.1 Å². The van der Waals surface area contributed by atoms with Crippen molar-refractivity contribution >= 4 is 22.4 Å². The Bertz CT molecular complexity index is 927. The van der Waals surface area contributed by atoms with Crippen molar-refractivity contribution in [2.45, 2.75) is 26.2 Å². The van der Waals surface area contributed by atoms with Crippen LogP contribution in [0.15, 0.2) is 48.7 Å². The predicted octanol–water partition coefficient (Wildman–Crippen LogP) is 5.09. The fraction of sp³-hybridized carbons (Fsp3) is 0.200. The Morgan fingerprint density at radius 1 is 1.12 bits per heavy atom. The van der Waals surface area contributed by atoms with Crippen molar-refractivity contribution in [3.8, 4) is 11.1 Å². The summed E-state index contributed by atoms with van der Waals surface area (Å²) in [4.78, 5) is 18.3. The number of hydrogen-bond acceptors (Lipinski definition) is 3. The molecule has 1 heterocycles. The summed E-state index contributed by atoms with van der Waals surface area (Å²) >= 11 is 1.54. The van der Waals surface area contributed by atoms with Crippen molar-refractivity contribution in [3.63, 3.8) is 0 Å². The standard InChI is InChI=1S/C20H18N2OS/c1-12(2)18-11-21-20(24-18)22-19(23)16-9-5-8-15-14-7-4-3-6-13(14)10-17(15)16/h3-9,11-12H,10H2,1-2H3,(H,21,22,23). The van der Waals surface area contributed by atoms with Crippen LogP contribution in [0.2, 0.25) is 0 Å². The minimum absolute atomic E-state index is 0.0793. The number of thiazole rings is 1. The molecule has 0 saturated heterocycles. The molecular formula is C20H18N2OS. The van der Waals surface area contributed by atoms with Crippen molar-refractivity contribution in [2.75, 3.05) is 5.32 Å². The highest BCUT2D eigenvalue weighted by molar-refractivity contribution is 7.15. The highest BCUT2D eigenvalue weighted by Gasteiger charge is 2.23. The number of carbonyl (C=O) groups is 1. The zero-order valence-corrected chi connectivity index (χ0v) is 14.5. The van der Waals surface area contributed by atoms with Gasteiger partial charge in [-0.3, -0.25) is 10.1 Å². The molecule has 1 N–H and O–H groups in total. The number of nitrogens with one attached hydrogen (secondary N) is 1. The minimum Gasteiger partial charge on any atom is -0.298 e. The lowest BCUT2D eigenvalue weighted by Gasteiger charge is -2.08. The monoisotopic (exact) mass is 334 g/mol. The van der Waals surface area contributed by atoms with Crippen LogP contribution in [-0.4, -0.2) is 10.9 Å². The average molecular weight is 334 g/mol. The Labute approximate surface area is 145 Å². The van der Waals surface area contributed by atoms with Gasteiger partial charge in [0.25, 0.3) is 5.91 Å². The predicted molar refractivity (Wildman–Crippen MR) is 98.8 cm³/mol. The number of aromatic nitrogens is 1. The van der Waals surface area contributed by atoms with E-state index in [1.54, 1.807) is 11.3 Å². The molecule has 2 aromatic carbocycles. The normalized spacial score (nSPS) is 12.1. The second-order valence-electron chi connectivity index (χ2n) is 6.34. The summed E-state index contributed by atoms with van der Waals surface area (Å²) < 4.78 is 0. The largest absolute Gasteiger partial charge is 0.298 e. The van der Waals surface area contributed by atoms with E-state index in [0.717, 1.165) is 17.5 Å². The van der Waals surface area contributed by atoms with Gasteiger partial charge in [-0.25, -0.2) is 4.98 Å². The molecule has 0 radical (unpaired) electrons. The van der Waals surface area contributed by atoms with Crippen LogP contribution >= 0.6 is 11.3 Å². The minimum atomic E-state index is -0.0793. The molecule has 0 unspecified atom stereocenters. The Kier molecular flexibility index (Phi) is 3.69. The molecule has 1 aliphatic carbocycles. The molecule has 4 rings (SSSR count). The van der Waals surface area contributed by atoms with Gasteiger partial charge in [-0.05, 0) is 40.7 Å². The van der Waals surface area contributed by atoms with Gasteiger partial charge in [0.1, 0.15) is 0 Å². The van der Waals surface area contributed by atoms with Crippen molar-refractivity contribution in [2.24, 2.45) is 0 Å². The van der Waals surface area contributed by atoms with E-state index in [2.05, 4.69) is 42.3 Å². The zero-order chi connectivity index (χ0) is 16.7. The maximum atomic E-state index is 12.8. The first-order valence-electron chi connectivity index (χ1n) is 8.10. The van der Waals surface area contributed by atoms with Gasteiger partial charge in [-0.1, -0.05) is 50.2 Å². The van der Waals surface area contributed by atoms with E-state index in [0.29, 0.717) is 11.0 Å². The van der Waals surface area contributed by atoms with Gasteiger partial charge in [-0.2, -0.15) is 0 Å². The van der Waals surface area contributed by atoms with Crippen molar-refractivity contribution in [3.05, 3.63) is 70.2 Å². The highest BCUT2D eigenvalue weighted by atomic mass is 32.1. The van der Waals surface area contributed by atoms with Crippen LogP contribution in [0.4, 0.5) is 5.13 Å². The van der Waals surface area contributed by atoms with Gasteiger partial charge >= 0.3 is 0 Å². The number of rotatable bonds is 3. The molecule has 1 amide bonds. The molecule has 0 aliphatic heterocycles. The molecular weight excluding hydrogens is 316 g/mol. The molecule has 0 spiro atoms. The van der Waals surface area contributed by atoms with E-state index in [1.807, 2.05) is 30.5 Å². The van der Waals surface area contributed by atoms with Crippen LogP contribution in [0.1, 0.15) is 46.1 Å². The van der Waals surface area contributed by atoms with Gasteiger partial charge in [0.05, 0.1) is 0 Å². The van der Waals surface area contributed by atoms with Crippen LogP contribution < -0.4 is 5.32 Å². The van der Waals surface area contributed by atoms with E-state index in [4.69, 9.17) is 0 Å². The average Bonchev–Trinajstić information content (AvgIpc) is 3.18. The summed E-state index contributed by atoms with van der Waals surface area (Å²) in [5, 5.41) is 3.62. The third kappa shape index (κ3) is 2.53. The topological polar surface area (TPSA) is 42.0 Å². The lowest BCUT2D eigenvalue weighted by molar-refractivity contribution is 0.102. The number of nitrogens with zero attached hydrogens (tertiary/aromatic N) is 1.